The molecule has 1 aromatic carbocycles. The fraction of sp³-hybridized carbons (Fsp3) is 0.235. The molecule has 0 radical (unpaired) electrons. The van der Waals surface area contributed by atoms with Crippen LogP contribution in [0.5, 0.6) is 5.75 Å². The third kappa shape index (κ3) is 4.37. The lowest BCUT2D eigenvalue weighted by molar-refractivity contribution is -0.144. The Hall–Kier alpha value is -2.78. The number of anilines is 1. The van der Waals surface area contributed by atoms with Crippen LogP contribution in [0.4, 0.5) is 5.82 Å². The molecule has 0 aliphatic carbocycles. The van der Waals surface area contributed by atoms with Gasteiger partial charge in [-0.25, -0.2) is 4.98 Å². The standard InChI is InChI=1S/C17H16ClN3O3/c1-24-17(23)13(8-11-2-4-14(22)5-3-11)10-21-16-15(18)12(9-19)6-7-20-16/h2-7,13,22H,8,10H2,1H3,(H,20,21). The van der Waals surface area contributed by atoms with Crippen molar-refractivity contribution in [3.8, 4) is 11.8 Å². The molecule has 2 N–H and O–H groups in total. The van der Waals surface area contributed by atoms with Crippen LogP contribution in [0.1, 0.15) is 11.1 Å². The number of pyridine rings is 1. The zero-order chi connectivity index (χ0) is 17.5. The maximum atomic E-state index is 12.0. The monoisotopic (exact) mass is 345 g/mol. The van der Waals surface area contributed by atoms with Crippen LogP contribution < -0.4 is 5.32 Å². The van der Waals surface area contributed by atoms with Gasteiger partial charge in [-0.05, 0) is 30.2 Å². The number of ether oxygens (including phenoxy) is 1. The van der Waals surface area contributed by atoms with E-state index in [0.717, 1.165) is 5.56 Å². The molecule has 124 valence electrons. The second kappa shape index (κ2) is 8.18. The van der Waals surface area contributed by atoms with E-state index in [1.54, 1.807) is 24.3 Å². The van der Waals surface area contributed by atoms with Crippen LogP contribution >= 0.6 is 11.6 Å². The van der Waals surface area contributed by atoms with Gasteiger partial charge in [-0.2, -0.15) is 5.26 Å². The first-order valence-corrected chi connectivity index (χ1v) is 7.57. The Labute approximate surface area is 144 Å². The number of nitrogens with one attached hydrogen (secondary N) is 1. The highest BCUT2D eigenvalue weighted by Crippen LogP contribution is 2.23. The molecule has 0 aliphatic heterocycles. The molecule has 0 saturated heterocycles. The summed E-state index contributed by atoms with van der Waals surface area (Å²) in [7, 11) is 1.33. The molecule has 0 fully saturated rings. The lowest BCUT2D eigenvalue weighted by Crippen LogP contribution is -2.27. The van der Waals surface area contributed by atoms with Crippen LogP contribution in [0.3, 0.4) is 0 Å². The Kier molecular flexibility index (Phi) is 5.99. The molecule has 0 aliphatic rings. The molecule has 2 aromatic rings. The average molecular weight is 346 g/mol. The van der Waals surface area contributed by atoms with Gasteiger partial charge < -0.3 is 15.2 Å². The van der Waals surface area contributed by atoms with E-state index < -0.39 is 5.92 Å². The van der Waals surface area contributed by atoms with E-state index in [0.29, 0.717) is 17.8 Å². The molecule has 6 nitrogen and oxygen atoms in total. The van der Waals surface area contributed by atoms with Crippen molar-refractivity contribution in [1.82, 2.24) is 4.98 Å². The summed E-state index contributed by atoms with van der Waals surface area (Å²) in [5, 5.41) is 21.5. The number of halogens is 1. The number of hydrogen-bond donors (Lipinski definition) is 2. The number of benzene rings is 1. The summed E-state index contributed by atoms with van der Waals surface area (Å²) >= 11 is 6.09. The summed E-state index contributed by atoms with van der Waals surface area (Å²) in [6.45, 7) is 0.245. The third-order valence-electron chi connectivity index (χ3n) is 3.48. The second-order valence-corrected chi connectivity index (χ2v) is 5.48. The molecule has 1 atom stereocenters. The minimum absolute atomic E-state index is 0.163. The number of rotatable bonds is 6. The number of phenols is 1. The highest BCUT2D eigenvalue weighted by molar-refractivity contribution is 6.34. The first kappa shape index (κ1) is 17.6. The fourth-order valence-electron chi connectivity index (χ4n) is 2.20. The van der Waals surface area contributed by atoms with Gasteiger partial charge in [-0.15, -0.1) is 0 Å². The van der Waals surface area contributed by atoms with Crippen LogP contribution in [0.15, 0.2) is 36.5 Å². The molecule has 0 saturated carbocycles. The van der Waals surface area contributed by atoms with Crippen LogP contribution in [0.2, 0.25) is 5.02 Å². The average Bonchev–Trinajstić information content (AvgIpc) is 2.60. The van der Waals surface area contributed by atoms with E-state index in [-0.39, 0.29) is 23.3 Å². The van der Waals surface area contributed by atoms with Crippen molar-refractivity contribution in [3.63, 3.8) is 0 Å². The summed E-state index contributed by atoms with van der Waals surface area (Å²) in [6, 6.07) is 10.1. The zero-order valence-electron chi connectivity index (χ0n) is 13.0. The van der Waals surface area contributed by atoms with E-state index in [1.165, 1.54) is 19.4 Å². The van der Waals surface area contributed by atoms with Gasteiger partial charge in [0.05, 0.1) is 18.6 Å². The van der Waals surface area contributed by atoms with Gasteiger partial charge in [0.25, 0.3) is 0 Å². The Balaban J connectivity index is 2.11. The van der Waals surface area contributed by atoms with Crippen LogP contribution in [-0.2, 0) is 16.0 Å². The number of methoxy groups -OCH3 is 1. The number of esters is 1. The van der Waals surface area contributed by atoms with Crippen LogP contribution in [0, 0.1) is 17.2 Å². The number of aromatic nitrogens is 1. The minimum Gasteiger partial charge on any atom is -0.508 e. The molecule has 1 heterocycles. The van der Waals surface area contributed by atoms with Gasteiger partial charge in [0.1, 0.15) is 22.7 Å². The SMILES string of the molecule is COC(=O)C(CNc1nccc(C#N)c1Cl)Cc1ccc(O)cc1. The summed E-state index contributed by atoms with van der Waals surface area (Å²) < 4.78 is 4.84. The second-order valence-electron chi connectivity index (χ2n) is 5.10. The van der Waals surface area contributed by atoms with Gasteiger partial charge in [0.2, 0.25) is 0 Å². The van der Waals surface area contributed by atoms with E-state index >= 15 is 0 Å². The molecule has 0 amide bonds. The zero-order valence-corrected chi connectivity index (χ0v) is 13.7. The van der Waals surface area contributed by atoms with E-state index in [2.05, 4.69) is 10.3 Å². The predicted molar refractivity (Wildman–Crippen MR) is 89.8 cm³/mol. The van der Waals surface area contributed by atoms with E-state index in [1.807, 2.05) is 6.07 Å². The first-order valence-electron chi connectivity index (χ1n) is 7.19. The summed E-state index contributed by atoms with van der Waals surface area (Å²) in [4.78, 5) is 16.1. The predicted octanol–water partition coefficient (Wildman–Crippen LogP) is 2.76. The molecule has 1 aromatic heterocycles. The molecular weight excluding hydrogens is 330 g/mol. The van der Waals surface area contributed by atoms with Crippen LogP contribution in [-0.4, -0.2) is 29.7 Å². The molecule has 0 bridgehead atoms. The Morgan fingerprint density at radius 3 is 2.75 bits per heavy atom. The molecule has 0 spiro atoms. The Bertz CT molecular complexity index is 757. The number of phenolic OH excluding ortho intramolecular Hbond substituents is 1. The highest BCUT2D eigenvalue weighted by Gasteiger charge is 2.20. The molecule has 2 rings (SSSR count). The van der Waals surface area contributed by atoms with Crippen molar-refractivity contribution < 1.29 is 14.6 Å². The molecule has 24 heavy (non-hydrogen) atoms. The van der Waals surface area contributed by atoms with Gasteiger partial charge in [0.15, 0.2) is 0 Å². The van der Waals surface area contributed by atoms with Gasteiger partial charge in [-0.1, -0.05) is 23.7 Å². The topological polar surface area (TPSA) is 95.2 Å². The molecule has 7 heteroatoms. The van der Waals surface area contributed by atoms with Crippen LogP contribution in [0.25, 0.3) is 0 Å². The summed E-state index contributed by atoms with van der Waals surface area (Å²) in [5.41, 5.74) is 1.19. The van der Waals surface area contributed by atoms with E-state index in [9.17, 15) is 9.90 Å². The maximum Gasteiger partial charge on any atom is 0.310 e. The Morgan fingerprint density at radius 2 is 2.12 bits per heavy atom. The van der Waals surface area contributed by atoms with Crippen molar-refractivity contribution in [3.05, 3.63) is 52.7 Å². The van der Waals surface area contributed by atoms with Gasteiger partial charge in [-0.3, -0.25) is 4.79 Å². The number of aromatic hydroxyl groups is 1. The summed E-state index contributed by atoms with van der Waals surface area (Å²) in [6.07, 6.45) is 1.90. The highest BCUT2D eigenvalue weighted by atomic mass is 35.5. The first-order chi connectivity index (χ1) is 11.5. The fourth-order valence-corrected chi connectivity index (χ4v) is 2.42. The summed E-state index contributed by atoms with van der Waals surface area (Å²) in [5.74, 6) is -0.336. The van der Waals surface area contributed by atoms with Gasteiger partial charge in [0, 0.05) is 12.7 Å². The number of carbonyl (C=O) groups excluding carboxylic acids is 1. The smallest absolute Gasteiger partial charge is 0.310 e. The van der Waals surface area contributed by atoms with Crippen molar-refractivity contribution in [1.29, 1.82) is 5.26 Å². The van der Waals surface area contributed by atoms with Crippen molar-refractivity contribution in [2.24, 2.45) is 5.92 Å². The number of carbonyl (C=O) groups is 1. The van der Waals surface area contributed by atoms with E-state index in [4.69, 9.17) is 21.6 Å². The number of nitriles is 1. The van der Waals surface area contributed by atoms with Gasteiger partial charge >= 0.3 is 5.97 Å². The van der Waals surface area contributed by atoms with Crippen molar-refractivity contribution in [2.75, 3.05) is 19.0 Å². The molecular formula is C17H16ClN3O3. The maximum absolute atomic E-state index is 12.0. The van der Waals surface area contributed by atoms with Crippen molar-refractivity contribution >= 4 is 23.4 Å². The molecule has 1 unspecified atom stereocenters. The Morgan fingerprint density at radius 1 is 1.42 bits per heavy atom. The quantitative estimate of drug-likeness (QED) is 0.782. The largest absolute Gasteiger partial charge is 0.508 e. The number of hydrogen-bond acceptors (Lipinski definition) is 6. The third-order valence-corrected chi connectivity index (χ3v) is 3.86. The van der Waals surface area contributed by atoms with Crippen molar-refractivity contribution in [2.45, 2.75) is 6.42 Å². The normalized spacial score (nSPS) is 11.4. The minimum atomic E-state index is -0.469. The lowest BCUT2D eigenvalue weighted by Gasteiger charge is -2.16. The lowest BCUT2D eigenvalue weighted by atomic mass is 9.99. The number of nitrogens with zero attached hydrogens (tertiary/aromatic N) is 2.